The van der Waals surface area contributed by atoms with Gasteiger partial charge in [-0.3, -0.25) is 4.79 Å². The summed E-state index contributed by atoms with van der Waals surface area (Å²) < 4.78 is 5.70. The monoisotopic (exact) mass is 283 g/mol. The van der Waals surface area contributed by atoms with Gasteiger partial charge in [-0.1, -0.05) is 0 Å². The van der Waals surface area contributed by atoms with E-state index in [9.17, 15) is 4.79 Å². The van der Waals surface area contributed by atoms with Crippen LogP contribution < -0.4 is 10.1 Å². The molecule has 1 saturated carbocycles. The van der Waals surface area contributed by atoms with Crippen LogP contribution in [0.3, 0.4) is 0 Å². The highest BCUT2D eigenvalue weighted by Gasteiger charge is 2.24. The number of halogens is 1. The van der Waals surface area contributed by atoms with E-state index < -0.39 is 5.38 Å². The summed E-state index contributed by atoms with van der Waals surface area (Å²) in [7, 11) is 0. The molecule has 1 aromatic rings. The Morgan fingerprint density at radius 2 is 2.00 bits per heavy atom. The molecule has 1 aliphatic carbocycles. The molecule has 0 aliphatic heterocycles. The van der Waals surface area contributed by atoms with Gasteiger partial charge in [0.25, 0.3) is 0 Å². The van der Waals surface area contributed by atoms with Gasteiger partial charge in [0.2, 0.25) is 5.91 Å². The average molecular weight is 284 g/mol. The smallest absolute Gasteiger partial charge is 0.316 e. The van der Waals surface area contributed by atoms with Crippen molar-refractivity contribution >= 4 is 17.5 Å². The second-order valence-electron chi connectivity index (χ2n) is 4.75. The lowest BCUT2D eigenvalue weighted by Gasteiger charge is -2.29. The molecule has 1 aromatic heterocycles. The maximum absolute atomic E-state index is 11.5. The van der Waals surface area contributed by atoms with Gasteiger partial charge >= 0.3 is 6.01 Å². The highest BCUT2D eigenvalue weighted by atomic mass is 35.5. The molecule has 0 aromatic carbocycles. The molecule has 0 radical (unpaired) electrons. The van der Waals surface area contributed by atoms with Crippen molar-refractivity contribution in [1.29, 1.82) is 0 Å². The Kier molecular flexibility index (Phi) is 4.96. The number of aromatic nitrogens is 2. The normalized spacial score (nSPS) is 24.5. The van der Waals surface area contributed by atoms with Crippen LogP contribution in [0.15, 0.2) is 18.5 Å². The van der Waals surface area contributed by atoms with E-state index in [2.05, 4.69) is 15.3 Å². The SMILES string of the molecule is CC(Cl)C(=O)NC1CCC(Oc2ncccn2)CC1. The number of amides is 1. The fourth-order valence-electron chi connectivity index (χ4n) is 2.14. The lowest BCUT2D eigenvalue weighted by atomic mass is 9.93. The molecule has 0 bridgehead atoms. The molecule has 1 atom stereocenters. The molecular weight excluding hydrogens is 266 g/mol. The van der Waals surface area contributed by atoms with E-state index in [0.717, 1.165) is 25.7 Å². The van der Waals surface area contributed by atoms with Gasteiger partial charge in [0.05, 0.1) is 0 Å². The van der Waals surface area contributed by atoms with Crippen LogP contribution in [0.1, 0.15) is 32.6 Å². The third-order valence-electron chi connectivity index (χ3n) is 3.20. The quantitative estimate of drug-likeness (QED) is 0.858. The molecule has 1 amide bonds. The second-order valence-corrected chi connectivity index (χ2v) is 5.40. The number of hydrogen-bond acceptors (Lipinski definition) is 4. The number of ether oxygens (including phenoxy) is 1. The minimum atomic E-state index is -0.480. The molecule has 0 spiro atoms. The molecule has 1 N–H and O–H groups in total. The van der Waals surface area contributed by atoms with E-state index in [-0.39, 0.29) is 18.1 Å². The zero-order valence-electron chi connectivity index (χ0n) is 10.9. The molecule has 1 aliphatic rings. The Labute approximate surface area is 117 Å². The summed E-state index contributed by atoms with van der Waals surface area (Å²) in [5.74, 6) is -0.0996. The number of nitrogens with one attached hydrogen (secondary N) is 1. The number of carbonyl (C=O) groups excluding carboxylic acids is 1. The molecule has 104 valence electrons. The van der Waals surface area contributed by atoms with Gasteiger partial charge in [-0.2, -0.15) is 0 Å². The van der Waals surface area contributed by atoms with E-state index in [4.69, 9.17) is 16.3 Å². The van der Waals surface area contributed by atoms with Gasteiger partial charge in [-0.15, -0.1) is 11.6 Å². The van der Waals surface area contributed by atoms with Crippen LogP contribution in [0.25, 0.3) is 0 Å². The number of carbonyl (C=O) groups is 1. The maximum Gasteiger partial charge on any atom is 0.316 e. The van der Waals surface area contributed by atoms with E-state index in [1.165, 1.54) is 0 Å². The molecule has 19 heavy (non-hydrogen) atoms. The van der Waals surface area contributed by atoms with Crippen molar-refractivity contribution in [3.63, 3.8) is 0 Å². The van der Waals surface area contributed by atoms with Gasteiger partial charge in [0.1, 0.15) is 11.5 Å². The Balaban J connectivity index is 1.75. The number of nitrogens with zero attached hydrogens (tertiary/aromatic N) is 2. The van der Waals surface area contributed by atoms with E-state index in [0.29, 0.717) is 6.01 Å². The summed E-state index contributed by atoms with van der Waals surface area (Å²) in [5, 5.41) is 2.47. The Morgan fingerprint density at radius 3 is 2.58 bits per heavy atom. The Hall–Kier alpha value is -1.36. The van der Waals surface area contributed by atoms with Gasteiger partial charge in [-0.25, -0.2) is 9.97 Å². The average Bonchev–Trinajstić information content (AvgIpc) is 2.42. The minimum Gasteiger partial charge on any atom is -0.460 e. The first-order valence-corrected chi connectivity index (χ1v) is 6.97. The standard InChI is InChI=1S/C13H18ClN3O2/c1-9(14)12(18)17-10-3-5-11(6-4-10)19-13-15-7-2-8-16-13/h2,7-11H,3-6H2,1H3,(H,17,18). The van der Waals surface area contributed by atoms with Crippen LogP contribution in [-0.4, -0.2) is 33.4 Å². The van der Waals surface area contributed by atoms with Crippen LogP contribution >= 0.6 is 11.6 Å². The largest absolute Gasteiger partial charge is 0.460 e. The summed E-state index contributed by atoms with van der Waals surface area (Å²) in [6, 6.07) is 2.38. The van der Waals surface area contributed by atoms with Gasteiger partial charge in [0.15, 0.2) is 0 Å². The minimum absolute atomic E-state index is 0.0996. The van der Waals surface area contributed by atoms with Crippen LogP contribution in [0.2, 0.25) is 0 Å². The summed E-state index contributed by atoms with van der Waals surface area (Å²) >= 11 is 5.73. The maximum atomic E-state index is 11.5. The molecule has 1 fully saturated rings. The third kappa shape index (κ3) is 4.35. The van der Waals surface area contributed by atoms with Crippen molar-refractivity contribution < 1.29 is 9.53 Å². The van der Waals surface area contributed by atoms with E-state index in [1.54, 1.807) is 25.4 Å². The fraction of sp³-hybridized carbons (Fsp3) is 0.615. The summed E-state index contributed by atoms with van der Waals surface area (Å²) in [6.07, 6.45) is 7.02. The van der Waals surface area contributed by atoms with E-state index in [1.807, 2.05) is 0 Å². The lowest BCUT2D eigenvalue weighted by Crippen LogP contribution is -2.42. The van der Waals surface area contributed by atoms with Crippen molar-refractivity contribution in [1.82, 2.24) is 15.3 Å². The Bertz CT molecular complexity index is 406. The highest BCUT2D eigenvalue weighted by Crippen LogP contribution is 2.22. The fourth-order valence-corrected chi connectivity index (χ4v) is 2.20. The number of rotatable bonds is 4. The highest BCUT2D eigenvalue weighted by molar-refractivity contribution is 6.30. The van der Waals surface area contributed by atoms with Gasteiger partial charge < -0.3 is 10.1 Å². The zero-order valence-corrected chi connectivity index (χ0v) is 11.6. The summed E-state index contributed by atoms with van der Waals surface area (Å²) in [5.41, 5.74) is 0. The molecule has 5 nitrogen and oxygen atoms in total. The van der Waals surface area contributed by atoms with Crippen molar-refractivity contribution in [2.75, 3.05) is 0 Å². The van der Waals surface area contributed by atoms with Crippen molar-refractivity contribution in [2.45, 2.75) is 50.1 Å². The second kappa shape index (κ2) is 6.70. The predicted octanol–water partition coefficient (Wildman–Crippen LogP) is 1.91. The predicted molar refractivity (Wildman–Crippen MR) is 72.2 cm³/mol. The van der Waals surface area contributed by atoms with Crippen molar-refractivity contribution in [2.24, 2.45) is 0 Å². The van der Waals surface area contributed by atoms with Crippen LogP contribution in [0.5, 0.6) is 6.01 Å². The van der Waals surface area contributed by atoms with E-state index >= 15 is 0 Å². The molecule has 6 heteroatoms. The van der Waals surface area contributed by atoms with Crippen LogP contribution in [0, 0.1) is 0 Å². The molecular formula is C13H18ClN3O2. The van der Waals surface area contributed by atoms with Crippen molar-refractivity contribution in [3.05, 3.63) is 18.5 Å². The molecule has 0 saturated heterocycles. The van der Waals surface area contributed by atoms with Gasteiger partial charge in [-0.05, 0) is 38.7 Å². The molecule has 1 heterocycles. The summed E-state index contributed by atoms with van der Waals surface area (Å²) in [6.45, 7) is 1.68. The van der Waals surface area contributed by atoms with Gasteiger partial charge in [0, 0.05) is 18.4 Å². The van der Waals surface area contributed by atoms with Crippen molar-refractivity contribution in [3.8, 4) is 6.01 Å². The first-order valence-electron chi connectivity index (χ1n) is 6.53. The zero-order chi connectivity index (χ0) is 13.7. The molecule has 1 unspecified atom stereocenters. The first-order chi connectivity index (χ1) is 9.15. The Morgan fingerprint density at radius 1 is 1.37 bits per heavy atom. The van der Waals surface area contributed by atoms with Crippen LogP contribution in [0.4, 0.5) is 0 Å². The van der Waals surface area contributed by atoms with Crippen LogP contribution in [-0.2, 0) is 4.79 Å². The number of hydrogen-bond donors (Lipinski definition) is 1. The third-order valence-corrected chi connectivity index (χ3v) is 3.39. The lowest BCUT2D eigenvalue weighted by molar-refractivity contribution is -0.121. The first kappa shape index (κ1) is 14.1. The molecule has 2 rings (SSSR count). The summed E-state index contributed by atoms with van der Waals surface area (Å²) in [4.78, 5) is 19.6. The number of alkyl halides is 1. The topological polar surface area (TPSA) is 64.1 Å².